The lowest BCUT2D eigenvalue weighted by atomic mass is 10.2. The monoisotopic (exact) mass is 354 g/mol. The van der Waals surface area contributed by atoms with Gasteiger partial charge in [0.25, 0.3) is 11.8 Å². The maximum atomic E-state index is 13.0. The molecule has 1 aliphatic heterocycles. The number of furan rings is 1. The lowest BCUT2D eigenvalue weighted by Crippen LogP contribution is -2.50. The van der Waals surface area contributed by atoms with Crippen molar-refractivity contribution < 1.29 is 18.7 Å². The van der Waals surface area contributed by atoms with E-state index in [-0.39, 0.29) is 29.7 Å². The molecule has 1 saturated heterocycles. The van der Waals surface area contributed by atoms with E-state index in [2.05, 4.69) is 5.32 Å². The summed E-state index contributed by atoms with van der Waals surface area (Å²) in [6, 6.07) is 12.2. The van der Waals surface area contributed by atoms with E-state index < -0.39 is 0 Å². The van der Waals surface area contributed by atoms with Crippen molar-refractivity contribution in [1.82, 2.24) is 10.2 Å². The van der Waals surface area contributed by atoms with Crippen molar-refractivity contribution in [2.75, 3.05) is 13.1 Å². The lowest BCUT2D eigenvalue weighted by Gasteiger charge is -2.35. The maximum absolute atomic E-state index is 13.0. The molecule has 1 aromatic carbocycles. The van der Waals surface area contributed by atoms with Crippen LogP contribution in [0.15, 0.2) is 58.8 Å². The molecular formula is C20H22N2O4. The summed E-state index contributed by atoms with van der Waals surface area (Å²) in [5.74, 6) is -0.102. The zero-order valence-electron chi connectivity index (χ0n) is 14.8. The Balaban J connectivity index is 1.84. The van der Waals surface area contributed by atoms with E-state index in [0.29, 0.717) is 24.4 Å². The third-order valence-corrected chi connectivity index (χ3v) is 4.05. The summed E-state index contributed by atoms with van der Waals surface area (Å²) in [6.45, 7) is 4.79. The van der Waals surface area contributed by atoms with Gasteiger partial charge in [-0.25, -0.2) is 0 Å². The van der Waals surface area contributed by atoms with Gasteiger partial charge in [0.1, 0.15) is 11.5 Å². The second kappa shape index (κ2) is 8.01. The van der Waals surface area contributed by atoms with Crippen molar-refractivity contribution in [2.45, 2.75) is 26.1 Å². The second-order valence-corrected chi connectivity index (χ2v) is 6.36. The van der Waals surface area contributed by atoms with Gasteiger partial charge in [0.2, 0.25) is 0 Å². The van der Waals surface area contributed by atoms with E-state index >= 15 is 0 Å². The number of carbonyl (C=O) groups is 2. The Morgan fingerprint density at radius 3 is 2.38 bits per heavy atom. The van der Waals surface area contributed by atoms with Crippen LogP contribution < -0.4 is 5.32 Å². The van der Waals surface area contributed by atoms with Crippen LogP contribution in [-0.4, -0.2) is 42.0 Å². The van der Waals surface area contributed by atoms with E-state index in [1.165, 1.54) is 6.26 Å². The standard InChI is InChI=1S/C20H22N2O4/c1-14-12-22(13-15(2)26-14)20(24)18(11-17-9-6-10-25-17)21-19(23)16-7-4-3-5-8-16/h3-11,14-15H,12-13H2,1-2H3,(H,21,23)/b18-11-/t14-,15+. The molecule has 1 N–H and O–H groups in total. The predicted octanol–water partition coefficient (Wildman–Crippen LogP) is 2.69. The Kier molecular flexibility index (Phi) is 5.53. The number of nitrogens with one attached hydrogen (secondary N) is 1. The Bertz CT molecular complexity index is 773. The highest BCUT2D eigenvalue weighted by atomic mass is 16.5. The third-order valence-electron chi connectivity index (χ3n) is 4.05. The maximum Gasteiger partial charge on any atom is 0.270 e. The summed E-state index contributed by atoms with van der Waals surface area (Å²) in [5, 5.41) is 2.73. The van der Waals surface area contributed by atoms with Gasteiger partial charge in [0, 0.05) is 24.7 Å². The quantitative estimate of drug-likeness (QED) is 0.857. The Labute approximate surface area is 152 Å². The first-order valence-corrected chi connectivity index (χ1v) is 8.59. The molecule has 6 nitrogen and oxygen atoms in total. The fourth-order valence-corrected chi connectivity index (χ4v) is 2.97. The van der Waals surface area contributed by atoms with E-state index in [1.54, 1.807) is 47.4 Å². The van der Waals surface area contributed by atoms with E-state index in [9.17, 15) is 9.59 Å². The highest BCUT2D eigenvalue weighted by Gasteiger charge is 2.28. The Morgan fingerprint density at radius 1 is 1.08 bits per heavy atom. The Morgan fingerprint density at radius 2 is 1.77 bits per heavy atom. The zero-order valence-corrected chi connectivity index (χ0v) is 14.8. The van der Waals surface area contributed by atoms with Crippen LogP contribution >= 0.6 is 0 Å². The van der Waals surface area contributed by atoms with Crippen LogP contribution in [0.5, 0.6) is 0 Å². The molecule has 0 bridgehead atoms. The smallest absolute Gasteiger partial charge is 0.270 e. The molecule has 2 aromatic rings. The molecule has 26 heavy (non-hydrogen) atoms. The van der Waals surface area contributed by atoms with Crippen LogP contribution in [0.3, 0.4) is 0 Å². The number of hydrogen-bond donors (Lipinski definition) is 1. The highest BCUT2D eigenvalue weighted by Crippen LogP contribution is 2.15. The number of benzene rings is 1. The molecule has 2 heterocycles. The average molecular weight is 354 g/mol. The van der Waals surface area contributed by atoms with Crippen molar-refractivity contribution in [1.29, 1.82) is 0 Å². The normalized spacial score (nSPS) is 20.7. The van der Waals surface area contributed by atoms with Gasteiger partial charge < -0.3 is 19.4 Å². The molecule has 0 spiro atoms. The summed E-state index contributed by atoms with van der Waals surface area (Å²) in [4.78, 5) is 27.2. The molecule has 6 heteroatoms. The fraction of sp³-hybridized carbons (Fsp3) is 0.300. The largest absolute Gasteiger partial charge is 0.465 e. The zero-order chi connectivity index (χ0) is 18.5. The molecule has 3 rings (SSSR count). The van der Waals surface area contributed by atoms with Gasteiger partial charge in [-0.3, -0.25) is 9.59 Å². The van der Waals surface area contributed by atoms with Crippen molar-refractivity contribution in [2.24, 2.45) is 0 Å². The van der Waals surface area contributed by atoms with Crippen molar-refractivity contribution >= 4 is 17.9 Å². The summed E-state index contributed by atoms with van der Waals surface area (Å²) < 4.78 is 11.0. The van der Waals surface area contributed by atoms with Crippen molar-refractivity contribution in [3.63, 3.8) is 0 Å². The third kappa shape index (κ3) is 4.40. The van der Waals surface area contributed by atoms with E-state index in [1.807, 2.05) is 19.9 Å². The van der Waals surface area contributed by atoms with Crippen molar-refractivity contribution in [3.8, 4) is 0 Å². The fourth-order valence-electron chi connectivity index (χ4n) is 2.97. The first-order valence-electron chi connectivity index (χ1n) is 8.59. The molecule has 136 valence electrons. The van der Waals surface area contributed by atoms with Crippen molar-refractivity contribution in [3.05, 3.63) is 65.7 Å². The van der Waals surface area contributed by atoms with Gasteiger partial charge in [-0.15, -0.1) is 0 Å². The minimum absolute atomic E-state index is 0.0580. The SMILES string of the molecule is C[C@@H]1CN(C(=O)/C(=C/c2ccco2)NC(=O)c2ccccc2)C[C@H](C)O1. The minimum atomic E-state index is -0.342. The molecule has 1 aliphatic rings. The number of rotatable bonds is 4. The van der Waals surface area contributed by atoms with Gasteiger partial charge in [-0.1, -0.05) is 18.2 Å². The number of morpholine rings is 1. The van der Waals surface area contributed by atoms with Gasteiger partial charge in [-0.2, -0.15) is 0 Å². The van der Waals surface area contributed by atoms with Crippen LogP contribution in [0.2, 0.25) is 0 Å². The number of ether oxygens (including phenoxy) is 1. The first-order chi connectivity index (χ1) is 12.5. The minimum Gasteiger partial charge on any atom is -0.465 e. The molecule has 2 atom stereocenters. The topological polar surface area (TPSA) is 71.8 Å². The van der Waals surface area contributed by atoms with Gasteiger partial charge in [-0.05, 0) is 38.1 Å². The molecule has 0 aliphatic carbocycles. The Hall–Kier alpha value is -2.86. The molecule has 0 unspecified atom stereocenters. The summed E-state index contributed by atoms with van der Waals surface area (Å²) >= 11 is 0. The van der Waals surface area contributed by atoms with Gasteiger partial charge in [0.15, 0.2) is 0 Å². The van der Waals surface area contributed by atoms with Gasteiger partial charge in [0.05, 0.1) is 18.5 Å². The van der Waals surface area contributed by atoms with Crippen LogP contribution in [0, 0.1) is 0 Å². The number of hydrogen-bond acceptors (Lipinski definition) is 4. The predicted molar refractivity (Wildman–Crippen MR) is 97.2 cm³/mol. The molecular weight excluding hydrogens is 332 g/mol. The van der Waals surface area contributed by atoms with Gasteiger partial charge >= 0.3 is 0 Å². The molecule has 2 amide bonds. The summed E-state index contributed by atoms with van der Waals surface area (Å²) in [5.41, 5.74) is 0.657. The van der Waals surface area contributed by atoms with Crippen LogP contribution in [0.1, 0.15) is 30.0 Å². The number of amides is 2. The summed E-state index contributed by atoms with van der Waals surface area (Å²) in [6.07, 6.45) is 2.95. The lowest BCUT2D eigenvalue weighted by molar-refractivity contribution is -0.139. The second-order valence-electron chi connectivity index (χ2n) is 6.36. The van der Waals surface area contributed by atoms with E-state index in [4.69, 9.17) is 9.15 Å². The van der Waals surface area contributed by atoms with Crippen LogP contribution in [-0.2, 0) is 9.53 Å². The highest BCUT2D eigenvalue weighted by molar-refractivity contribution is 6.05. The molecule has 0 radical (unpaired) electrons. The van der Waals surface area contributed by atoms with E-state index in [0.717, 1.165) is 0 Å². The van der Waals surface area contributed by atoms with Crippen LogP contribution in [0.25, 0.3) is 6.08 Å². The molecule has 0 saturated carbocycles. The summed E-state index contributed by atoms with van der Waals surface area (Å²) in [7, 11) is 0. The molecule has 1 aromatic heterocycles. The molecule has 1 fully saturated rings. The first kappa shape index (κ1) is 17.9. The van der Waals surface area contributed by atoms with Crippen LogP contribution in [0.4, 0.5) is 0 Å². The number of carbonyl (C=O) groups excluding carboxylic acids is 2. The number of nitrogens with zero attached hydrogens (tertiary/aromatic N) is 1. The average Bonchev–Trinajstić information content (AvgIpc) is 3.13.